The predicted octanol–water partition coefficient (Wildman–Crippen LogP) is 5.82. The van der Waals surface area contributed by atoms with E-state index in [1.54, 1.807) is 5.06 Å². The molecular weight excluding hydrogens is 436 g/mol. The van der Waals surface area contributed by atoms with Gasteiger partial charge in [0.15, 0.2) is 6.10 Å². The second-order valence-corrected chi connectivity index (χ2v) is 9.49. The van der Waals surface area contributed by atoms with Crippen molar-refractivity contribution in [2.75, 3.05) is 9.96 Å². The van der Waals surface area contributed by atoms with Gasteiger partial charge in [0.2, 0.25) is 5.91 Å². The van der Waals surface area contributed by atoms with Crippen LogP contribution in [0.1, 0.15) is 28.3 Å². The maximum atomic E-state index is 14.1. The Hall–Kier alpha value is -3.96. The fourth-order valence-electron chi connectivity index (χ4n) is 5.78. The zero-order valence-corrected chi connectivity index (χ0v) is 19.9. The zero-order chi connectivity index (χ0) is 24.3. The van der Waals surface area contributed by atoms with E-state index < -0.39 is 18.1 Å². The van der Waals surface area contributed by atoms with Crippen LogP contribution in [-0.2, 0) is 14.4 Å². The Morgan fingerprint density at radius 1 is 0.743 bits per heavy atom. The van der Waals surface area contributed by atoms with Crippen LogP contribution in [0.25, 0.3) is 10.8 Å². The van der Waals surface area contributed by atoms with E-state index in [1.165, 1.54) is 4.90 Å². The molecule has 0 N–H and O–H groups in total. The standard InChI is InChI=1S/C30H26N2O3/c1-18-16-19(2)26(20(3)17-18)31-29(33)25-27(24-15-9-11-21-10-7-8-14-23(21)24)32(35-28(25)30(31)34)22-12-5-4-6-13-22/h4-17,25,27-28H,1-3H3/t25-,27-,28-/m0/s1. The summed E-state index contributed by atoms with van der Waals surface area (Å²) in [5, 5.41) is 3.89. The minimum atomic E-state index is -0.883. The Morgan fingerprint density at radius 2 is 1.40 bits per heavy atom. The monoisotopic (exact) mass is 462 g/mol. The van der Waals surface area contributed by atoms with E-state index in [4.69, 9.17) is 4.84 Å². The van der Waals surface area contributed by atoms with Crippen LogP contribution in [0.2, 0.25) is 0 Å². The molecule has 4 aromatic rings. The molecule has 174 valence electrons. The van der Waals surface area contributed by atoms with Gasteiger partial charge < -0.3 is 0 Å². The average molecular weight is 463 g/mol. The lowest BCUT2D eigenvalue weighted by molar-refractivity contribution is -0.126. The van der Waals surface area contributed by atoms with Crippen LogP contribution in [0.15, 0.2) is 84.9 Å². The molecule has 0 aliphatic carbocycles. The predicted molar refractivity (Wildman–Crippen MR) is 137 cm³/mol. The summed E-state index contributed by atoms with van der Waals surface area (Å²) in [6.07, 6.45) is -0.883. The molecule has 3 atom stereocenters. The van der Waals surface area contributed by atoms with Crippen molar-refractivity contribution in [2.45, 2.75) is 32.9 Å². The van der Waals surface area contributed by atoms with E-state index in [9.17, 15) is 9.59 Å². The van der Waals surface area contributed by atoms with Gasteiger partial charge in [0.05, 0.1) is 17.4 Å². The molecule has 5 nitrogen and oxygen atoms in total. The number of imide groups is 1. The van der Waals surface area contributed by atoms with Gasteiger partial charge in [-0.1, -0.05) is 78.4 Å². The van der Waals surface area contributed by atoms with Crippen LogP contribution in [0, 0.1) is 26.7 Å². The minimum Gasteiger partial charge on any atom is -0.273 e. The average Bonchev–Trinajstić information content (AvgIpc) is 3.35. The first-order valence-corrected chi connectivity index (χ1v) is 11.9. The first-order valence-electron chi connectivity index (χ1n) is 11.9. The van der Waals surface area contributed by atoms with Gasteiger partial charge in [-0.15, -0.1) is 0 Å². The van der Waals surface area contributed by atoms with Gasteiger partial charge in [-0.2, -0.15) is 0 Å². The second kappa shape index (κ2) is 8.07. The Bertz CT molecular complexity index is 1450. The van der Waals surface area contributed by atoms with Crippen molar-refractivity contribution < 1.29 is 14.4 Å². The Balaban J connectivity index is 1.52. The molecule has 0 unspecified atom stereocenters. The summed E-state index contributed by atoms with van der Waals surface area (Å²) >= 11 is 0. The molecule has 0 radical (unpaired) electrons. The van der Waals surface area contributed by atoms with Crippen LogP contribution in [0.5, 0.6) is 0 Å². The van der Waals surface area contributed by atoms with Gasteiger partial charge in [0.25, 0.3) is 5.91 Å². The molecule has 35 heavy (non-hydrogen) atoms. The molecule has 6 rings (SSSR count). The third kappa shape index (κ3) is 3.27. The summed E-state index contributed by atoms with van der Waals surface area (Å²) < 4.78 is 0. The lowest BCUT2D eigenvalue weighted by Gasteiger charge is -2.30. The van der Waals surface area contributed by atoms with E-state index in [2.05, 4.69) is 18.2 Å². The molecule has 0 bridgehead atoms. The number of anilines is 2. The highest BCUT2D eigenvalue weighted by atomic mass is 16.7. The summed E-state index contributed by atoms with van der Waals surface area (Å²) in [5.41, 5.74) is 5.38. The fourth-order valence-corrected chi connectivity index (χ4v) is 5.78. The number of hydrogen-bond donors (Lipinski definition) is 0. The van der Waals surface area contributed by atoms with Crippen LogP contribution in [0.3, 0.4) is 0 Å². The molecule has 0 aromatic heterocycles. The largest absolute Gasteiger partial charge is 0.273 e. The van der Waals surface area contributed by atoms with Gasteiger partial charge in [-0.25, -0.2) is 9.96 Å². The van der Waals surface area contributed by atoms with E-state index in [-0.39, 0.29) is 11.8 Å². The minimum absolute atomic E-state index is 0.216. The van der Waals surface area contributed by atoms with Gasteiger partial charge in [0, 0.05) is 0 Å². The zero-order valence-electron chi connectivity index (χ0n) is 19.9. The maximum absolute atomic E-state index is 14.1. The van der Waals surface area contributed by atoms with E-state index in [0.29, 0.717) is 5.69 Å². The molecule has 2 aliphatic heterocycles. The first-order chi connectivity index (χ1) is 17.0. The number of rotatable bonds is 3. The number of fused-ring (bicyclic) bond motifs is 2. The molecular formula is C30H26N2O3. The number of para-hydroxylation sites is 1. The van der Waals surface area contributed by atoms with Crippen molar-refractivity contribution in [3.05, 3.63) is 107 Å². The van der Waals surface area contributed by atoms with Crippen molar-refractivity contribution in [3.8, 4) is 0 Å². The van der Waals surface area contributed by atoms with Crippen molar-refractivity contribution in [1.29, 1.82) is 0 Å². The molecule has 2 amide bonds. The molecule has 0 saturated carbocycles. The normalized spacial score (nSPS) is 21.7. The summed E-state index contributed by atoms with van der Waals surface area (Å²) in [5.74, 6) is -1.18. The number of carbonyl (C=O) groups excluding carboxylic acids is 2. The number of aryl methyl sites for hydroxylation is 3. The van der Waals surface area contributed by atoms with Gasteiger partial charge in [-0.3, -0.25) is 14.4 Å². The SMILES string of the molecule is Cc1cc(C)c(N2C(=O)[C@@H]3[C@H](ON(c4ccccc4)[C@H]3c3cccc4ccccc34)C2=O)c(C)c1. The second-order valence-electron chi connectivity index (χ2n) is 9.49. The van der Waals surface area contributed by atoms with Crippen molar-refractivity contribution in [3.63, 3.8) is 0 Å². The number of hydroxylamine groups is 1. The third-order valence-corrected chi connectivity index (χ3v) is 7.13. The lowest BCUT2D eigenvalue weighted by atomic mass is 9.87. The summed E-state index contributed by atoms with van der Waals surface area (Å²) in [6.45, 7) is 5.91. The smallest absolute Gasteiger partial charge is 0.266 e. The highest BCUT2D eigenvalue weighted by Crippen LogP contribution is 2.49. The Morgan fingerprint density at radius 3 is 2.14 bits per heavy atom. The van der Waals surface area contributed by atoms with Crippen LogP contribution >= 0.6 is 0 Å². The quantitative estimate of drug-likeness (QED) is 0.360. The molecule has 2 fully saturated rings. The summed E-state index contributed by atoms with van der Waals surface area (Å²) in [6, 6.07) is 27.5. The van der Waals surface area contributed by atoms with Gasteiger partial charge in [-0.05, 0) is 60.4 Å². The topological polar surface area (TPSA) is 49.9 Å². The maximum Gasteiger partial charge on any atom is 0.266 e. The molecule has 2 heterocycles. The molecule has 0 spiro atoms. The molecule has 5 heteroatoms. The van der Waals surface area contributed by atoms with Crippen LogP contribution < -0.4 is 9.96 Å². The van der Waals surface area contributed by atoms with Crippen LogP contribution in [0.4, 0.5) is 11.4 Å². The van der Waals surface area contributed by atoms with Gasteiger partial charge in [0.1, 0.15) is 5.92 Å². The highest BCUT2D eigenvalue weighted by molar-refractivity contribution is 6.24. The van der Waals surface area contributed by atoms with Crippen LogP contribution in [-0.4, -0.2) is 17.9 Å². The van der Waals surface area contributed by atoms with E-state index in [0.717, 1.165) is 38.7 Å². The summed E-state index contributed by atoms with van der Waals surface area (Å²) in [4.78, 5) is 35.5. The number of benzene rings is 4. The number of carbonyl (C=O) groups is 2. The van der Waals surface area contributed by atoms with Crippen molar-refractivity contribution >= 4 is 34.0 Å². The fraction of sp³-hybridized carbons (Fsp3) is 0.200. The third-order valence-electron chi connectivity index (χ3n) is 7.13. The lowest BCUT2D eigenvalue weighted by Crippen LogP contribution is -2.38. The van der Waals surface area contributed by atoms with Crippen molar-refractivity contribution in [1.82, 2.24) is 0 Å². The Kier molecular flexibility index (Phi) is 4.97. The summed E-state index contributed by atoms with van der Waals surface area (Å²) in [7, 11) is 0. The number of hydrogen-bond acceptors (Lipinski definition) is 4. The van der Waals surface area contributed by atoms with E-state index >= 15 is 0 Å². The highest BCUT2D eigenvalue weighted by Gasteiger charge is 2.60. The van der Waals surface area contributed by atoms with Crippen molar-refractivity contribution in [2.24, 2.45) is 5.92 Å². The first kappa shape index (κ1) is 21.6. The van der Waals surface area contributed by atoms with Gasteiger partial charge >= 0.3 is 0 Å². The number of nitrogens with zero attached hydrogens (tertiary/aromatic N) is 2. The molecule has 4 aromatic carbocycles. The molecule has 2 aliphatic rings. The van der Waals surface area contributed by atoms with E-state index in [1.807, 2.05) is 87.5 Å². The number of amides is 2. The Labute approximate surface area is 204 Å². The molecule has 2 saturated heterocycles.